The molecule has 1 nitrogen and oxygen atoms in total. The fourth-order valence-electron chi connectivity index (χ4n) is 1.65. The molecular weight excluding hydrogens is 170 g/mol. The zero-order valence-corrected chi connectivity index (χ0v) is 9.17. The molecule has 0 atom stereocenters. The molecule has 0 aliphatic heterocycles. The van der Waals surface area contributed by atoms with E-state index in [-0.39, 0.29) is 0 Å². The molecule has 0 spiro atoms. The first-order valence-electron chi connectivity index (χ1n) is 5.19. The van der Waals surface area contributed by atoms with Crippen molar-refractivity contribution in [1.29, 1.82) is 5.26 Å². The fourth-order valence-corrected chi connectivity index (χ4v) is 1.65. The van der Waals surface area contributed by atoms with Crippen molar-refractivity contribution in [1.82, 2.24) is 0 Å². The first kappa shape index (κ1) is 10.8. The van der Waals surface area contributed by atoms with Crippen molar-refractivity contribution in [3.63, 3.8) is 0 Å². The summed E-state index contributed by atoms with van der Waals surface area (Å²) in [5.74, 6) is 0.674. The van der Waals surface area contributed by atoms with Crippen molar-refractivity contribution in [3.05, 3.63) is 34.9 Å². The lowest BCUT2D eigenvalue weighted by Gasteiger charge is -2.07. The average molecular weight is 187 g/mol. The van der Waals surface area contributed by atoms with Gasteiger partial charge in [0.2, 0.25) is 0 Å². The molecule has 14 heavy (non-hydrogen) atoms. The molecule has 0 radical (unpaired) electrons. The zero-order chi connectivity index (χ0) is 10.6. The first-order chi connectivity index (χ1) is 6.67. The molecule has 0 N–H and O–H groups in total. The Hall–Kier alpha value is -1.29. The van der Waals surface area contributed by atoms with Crippen LogP contribution in [0.4, 0.5) is 0 Å². The second-order valence-corrected chi connectivity index (χ2v) is 4.05. The monoisotopic (exact) mass is 187 g/mol. The highest BCUT2D eigenvalue weighted by atomic mass is 14.2. The van der Waals surface area contributed by atoms with Gasteiger partial charge >= 0.3 is 0 Å². The summed E-state index contributed by atoms with van der Waals surface area (Å²) in [5.41, 5.74) is 3.33. The summed E-state index contributed by atoms with van der Waals surface area (Å²) in [5, 5.41) is 8.87. The molecule has 0 saturated heterocycles. The van der Waals surface area contributed by atoms with Gasteiger partial charge < -0.3 is 0 Å². The number of hydrogen-bond donors (Lipinski definition) is 0. The Morgan fingerprint density at radius 1 is 1.36 bits per heavy atom. The molecule has 0 amide bonds. The van der Waals surface area contributed by atoms with Gasteiger partial charge in [0.25, 0.3) is 0 Å². The highest BCUT2D eigenvalue weighted by molar-refractivity contribution is 5.40. The Balaban J connectivity index is 2.97. The van der Waals surface area contributed by atoms with Gasteiger partial charge in [0, 0.05) is 0 Å². The van der Waals surface area contributed by atoms with Crippen LogP contribution >= 0.6 is 0 Å². The van der Waals surface area contributed by atoms with Gasteiger partial charge in [-0.25, -0.2) is 0 Å². The SMILES string of the molecule is CCc1cc(CC(C)C)ccc1C#N. The Kier molecular flexibility index (Phi) is 3.71. The predicted octanol–water partition coefficient (Wildman–Crippen LogP) is 3.32. The first-order valence-corrected chi connectivity index (χ1v) is 5.19. The smallest absolute Gasteiger partial charge is 0.0994 e. The lowest BCUT2D eigenvalue weighted by Crippen LogP contribution is -1.96. The number of hydrogen-bond acceptors (Lipinski definition) is 1. The van der Waals surface area contributed by atoms with Crippen LogP contribution in [0.2, 0.25) is 0 Å². The largest absolute Gasteiger partial charge is 0.192 e. The van der Waals surface area contributed by atoms with Crippen LogP contribution < -0.4 is 0 Å². The molecule has 1 aromatic rings. The molecule has 74 valence electrons. The van der Waals surface area contributed by atoms with Crippen LogP contribution in [0.25, 0.3) is 0 Å². The minimum absolute atomic E-state index is 0.674. The maximum Gasteiger partial charge on any atom is 0.0994 e. The van der Waals surface area contributed by atoms with E-state index in [1.165, 1.54) is 11.1 Å². The molecule has 0 saturated carbocycles. The summed E-state index contributed by atoms with van der Waals surface area (Å²) < 4.78 is 0. The van der Waals surface area contributed by atoms with Crippen molar-refractivity contribution in [2.24, 2.45) is 5.92 Å². The third-order valence-corrected chi connectivity index (χ3v) is 2.31. The molecule has 1 rings (SSSR count). The minimum Gasteiger partial charge on any atom is -0.192 e. The van der Waals surface area contributed by atoms with Crippen LogP contribution in [0.15, 0.2) is 18.2 Å². The summed E-state index contributed by atoms with van der Waals surface area (Å²) in [6.07, 6.45) is 2.04. The molecule has 0 aliphatic rings. The summed E-state index contributed by atoms with van der Waals surface area (Å²) >= 11 is 0. The Bertz CT molecular complexity index is 345. The van der Waals surface area contributed by atoms with E-state index >= 15 is 0 Å². The fraction of sp³-hybridized carbons (Fsp3) is 0.462. The van der Waals surface area contributed by atoms with Crippen molar-refractivity contribution < 1.29 is 0 Å². The van der Waals surface area contributed by atoms with Crippen LogP contribution in [0.3, 0.4) is 0 Å². The van der Waals surface area contributed by atoms with E-state index in [4.69, 9.17) is 5.26 Å². The van der Waals surface area contributed by atoms with E-state index < -0.39 is 0 Å². The quantitative estimate of drug-likeness (QED) is 0.712. The third kappa shape index (κ3) is 2.60. The van der Waals surface area contributed by atoms with Crippen molar-refractivity contribution in [2.75, 3.05) is 0 Å². The lowest BCUT2D eigenvalue weighted by molar-refractivity contribution is 0.646. The summed E-state index contributed by atoms with van der Waals surface area (Å²) in [4.78, 5) is 0. The van der Waals surface area contributed by atoms with E-state index in [2.05, 4.69) is 39.0 Å². The Morgan fingerprint density at radius 2 is 2.07 bits per heavy atom. The summed E-state index contributed by atoms with van der Waals surface area (Å²) in [6, 6.07) is 8.40. The maximum atomic E-state index is 8.87. The topological polar surface area (TPSA) is 23.8 Å². The van der Waals surface area contributed by atoms with Gasteiger partial charge in [-0.05, 0) is 36.0 Å². The van der Waals surface area contributed by atoms with Crippen LogP contribution in [-0.4, -0.2) is 0 Å². The number of aryl methyl sites for hydroxylation is 1. The van der Waals surface area contributed by atoms with E-state index in [1.54, 1.807) is 0 Å². The van der Waals surface area contributed by atoms with E-state index in [0.717, 1.165) is 18.4 Å². The highest BCUT2D eigenvalue weighted by Crippen LogP contribution is 2.15. The molecule has 0 heterocycles. The molecule has 1 heteroatoms. The minimum atomic E-state index is 0.674. The van der Waals surface area contributed by atoms with Crippen molar-refractivity contribution in [3.8, 4) is 6.07 Å². The second-order valence-electron chi connectivity index (χ2n) is 4.05. The number of rotatable bonds is 3. The molecule has 0 aromatic heterocycles. The van der Waals surface area contributed by atoms with Crippen molar-refractivity contribution >= 4 is 0 Å². The second kappa shape index (κ2) is 4.81. The summed E-state index contributed by atoms with van der Waals surface area (Å²) in [6.45, 7) is 6.52. The number of nitrogens with zero attached hydrogens (tertiary/aromatic N) is 1. The van der Waals surface area contributed by atoms with Gasteiger partial charge in [-0.1, -0.05) is 32.9 Å². The van der Waals surface area contributed by atoms with Crippen molar-refractivity contribution in [2.45, 2.75) is 33.6 Å². The zero-order valence-electron chi connectivity index (χ0n) is 9.17. The van der Waals surface area contributed by atoms with Gasteiger partial charge in [-0.3, -0.25) is 0 Å². The molecule has 1 aromatic carbocycles. The van der Waals surface area contributed by atoms with Gasteiger partial charge in [-0.15, -0.1) is 0 Å². The van der Waals surface area contributed by atoms with E-state index in [0.29, 0.717) is 5.92 Å². The van der Waals surface area contributed by atoms with Gasteiger partial charge in [-0.2, -0.15) is 5.26 Å². The van der Waals surface area contributed by atoms with E-state index in [9.17, 15) is 0 Å². The van der Waals surface area contributed by atoms with Crippen LogP contribution in [0.1, 0.15) is 37.5 Å². The molecule has 0 bridgehead atoms. The maximum absolute atomic E-state index is 8.87. The van der Waals surface area contributed by atoms with E-state index in [1.807, 2.05) is 6.07 Å². The number of benzene rings is 1. The number of nitriles is 1. The Morgan fingerprint density at radius 3 is 2.57 bits per heavy atom. The van der Waals surface area contributed by atoms with Crippen LogP contribution in [0, 0.1) is 17.2 Å². The Labute approximate surface area is 86.4 Å². The predicted molar refractivity (Wildman–Crippen MR) is 59.1 cm³/mol. The normalized spacial score (nSPS) is 10.2. The van der Waals surface area contributed by atoms with Gasteiger partial charge in [0.15, 0.2) is 0 Å². The van der Waals surface area contributed by atoms with Crippen LogP contribution in [0.5, 0.6) is 0 Å². The average Bonchev–Trinajstić information content (AvgIpc) is 2.16. The van der Waals surface area contributed by atoms with Crippen LogP contribution in [-0.2, 0) is 12.8 Å². The lowest BCUT2D eigenvalue weighted by atomic mass is 9.97. The third-order valence-electron chi connectivity index (χ3n) is 2.31. The molecular formula is C13H17N. The standard InChI is InChI=1S/C13H17N/c1-4-12-8-11(7-10(2)3)5-6-13(12)9-14/h5-6,8,10H,4,7H2,1-3H3. The van der Waals surface area contributed by atoms with Gasteiger partial charge in [0.05, 0.1) is 11.6 Å². The molecule has 0 aliphatic carbocycles. The molecule has 0 fully saturated rings. The summed E-state index contributed by atoms with van der Waals surface area (Å²) in [7, 11) is 0. The highest BCUT2D eigenvalue weighted by Gasteiger charge is 2.03. The van der Waals surface area contributed by atoms with Gasteiger partial charge in [0.1, 0.15) is 0 Å². The molecule has 0 unspecified atom stereocenters.